The van der Waals surface area contributed by atoms with Gasteiger partial charge >= 0.3 is 6.18 Å². The van der Waals surface area contributed by atoms with E-state index in [4.69, 9.17) is 11.6 Å². The Hall–Kier alpha value is -3.50. The van der Waals surface area contributed by atoms with E-state index in [0.29, 0.717) is 18.7 Å². The quantitative estimate of drug-likeness (QED) is 0.192. The molecule has 0 aliphatic carbocycles. The fourth-order valence-corrected chi connectivity index (χ4v) is 4.69. The maximum absolute atomic E-state index is 13.1. The van der Waals surface area contributed by atoms with E-state index >= 15 is 0 Å². The Morgan fingerprint density at radius 2 is 1.73 bits per heavy atom. The third kappa shape index (κ3) is 6.64. The lowest BCUT2D eigenvalue weighted by atomic mass is 10.2. The van der Waals surface area contributed by atoms with Crippen molar-refractivity contribution in [2.24, 2.45) is 0 Å². The third-order valence-electron chi connectivity index (χ3n) is 5.42. The minimum atomic E-state index is -4.56. The number of alkyl halides is 3. The summed E-state index contributed by atoms with van der Waals surface area (Å²) in [5.74, 6) is -1.31. The molecule has 0 saturated heterocycles. The van der Waals surface area contributed by atoms with Gasteiger partial charge in [0.05, 0.1) is 22.0 Å². The van der Waals surface area contributed by atoms with Gasteiger partial charge in [0, 0.05) is 40.6 Å². The van der Waals surface area contributed by atoms with E-state index in [9.17, 15) is 27.2 Å². The number of fused-ring (bicyclic) bond motifs is 1. The number of carbonyl (C=O) groups excluding carboxylic acids is 2. The van der Waals surface area contributed by atoms with Crippen molar-refractivity contribution in [2.45, 2.75) is 17.6 Å². The summed E-state index contributed by atoms with van der Waals surface area (Å²) < 4.78 is 54.0. The first-order valence-electron chi connectivity index (χ1n) is 11.0. The molecule has 0 aliphatic heterocycles. The van der Waals surface area contributed by atoms with Crippen molar-refractivity contribution < 1.29 is 27.2 Å². The summed E-state index contributed by atoms with van der Waals surface area (Å²) in [7, 11) is 0. The number of halogens is 5. The van der Waals surface area contributed by atoms with Gasteiger partial charge in [-0.3, -0.25) is 9.59 Å². The molecular formula is C26H20ClF4N3O2S. The molecule has 2 N–H and O–H groups in total. The lowest BCUT2D eigenvalue weighted by molar-refractivity contribution is -0.137. The molecule has 5 nitrogen and oxygen atoms in total. The summed E-state index contributed by atoms with van der Waals surface area (Å²) in [5, 5.41) is 6.13. The van der Waals surface area contributed by atoms with Crippen LogP contribution in [0.4, 0.5) is 23.2 Å². The van der Waals surface area contributed by atoms with Crippen LogP contribution in [0.5, 0.6) is 0 Å². The predicted molar refractivity (Wildman–Crippen MR) is 136 cm³/mol. The summed E-state index contributed by atoms with van der Waals surface area (Å²) in [5.41, 5.74) is 0.222. The van der Waals surface area contributed by atoms with E-state index in [0.717, 1.165) is 34.0 Å². The van der Waals surface area contributed by atoms with Gasteiger partial charge in [-0.05, 0) is 48.5 Å². The van der Waals surface area contributed by atoms with Crippen LogP contribution in [0.3, 0.4) is 0 Å². The fourth-order valence-electron chi connectivity index (χ4n) is 3.63. The monoisotopic (exact) mass is 549 g/mol. The van der Waals surface area contributed by atoms with Crippen LogP contribution < -0.4 is 10.6 Å². The highest BCUT2D eigenvalue weighted by atomic mass is 35.5. The summed E-state index contributed by atoms with van der Waals surface area (Å²) in [6, 6.07) is 15.5. The zero-order valence-corrected chi connectivity index (χ0v) is 20.7. The number of nitrogens with one attached hydrogen (secondary N) is 2. The number of amides is 2. The van der Waals surface area contributed by atoms with Crippen LogP contribution in [0, 0.1) is 5.82 Å². The maximum atomic E-state index is 13.1. The van der Waals surface area contributed by atoms with Crippen molar-refractivity contribution in [2.75, 3.05) is 17.6 Å². The second-order valence-electron chi connectivity index (χ2n) is 8.00. The largest absolute Gasteiger partial charge is 0.416 e. The normalized spacial score (nSPS) is 11.5. The van der Waals surface area contributed by atoms with E-state index in [-0.39, 0.29) is 22.4 Å². The molecule has 0 unspecified atom stereocenters. The van der Waals surface area contributed by atoms with E-state index in [1.165, 1.54) is 36.0 Å². The molecule has 1 heterocycles. The zero-order valence-electron chi connectivity index (χ0n) is 19.1. The molecule has 0 atom stereocenters. The van der Waals surface area contributed by atoms with E-state index < -0.39 is 23.5 Å². The number of thioether (sulfide) groups is 1. The minimum Gasteiger partial charge on any atom is -0.350 e. The highest BCUT2D eigenvalue weighted by Crippen LogP contribution is 2.34. The first kappa shape index (κ1) is 26.6. The molecule has 3 aromatic carbocycles. The third-order valence-corrected chi connectivity index (χ3v) is 6.80. The molecule has 11 heteroatoms. The van der Waals surface area contributed by atoms with Crippen molar-refractivity contribution in [3.63, 3.8) is 0 Å². The highest BCUT2D eigenvalue weighted by Gasteiger charge is 2.31. The highest BCUT2D eigenvalue weighted by molar-refractivity contribution is 8.00. The smallest absolute Gasteiger partial charge is 0.350 e. The second kappa shape index (κ2) is 11.3. The number of benzene rings is 3. The Bertz CT molecular complexity index is 1440. The number of hydrogen-bond donors (Lipinski definition) is 2. The first-order chi connectivity index (χ1) is 17.6. The van der Waals surface area contributed by atoms with Gasteiger partial charge < -0.3 is 15.2 Å². The molecule has 4 rings (SSSR count). The summed E-state index contributed by atoms with van der Waals surface area (Å²) in [6.07, 6.45) is -2.71. The van der Waals surface area contributed by atoms with Gasteiger partial charge in [-0.2, -0.15) is 13.2 Å². The van der Waals surface area contributed by atoms with Gasteiger partial charge in [-0.15, -0.1) is 11.8 Å². The van der Waals surface area contributed by atoms with Crippen molar-refractivity contribution in [1.29, 1.82) is 0 Å². The lowest BCUT2D eigenvalue weighted by Crippen LogP contribution is -2.27. The Balaban J connectivity index is 1.40. The van der Waals surface area contributed by atoms with Crippen LogP contribution in [-0.4, -0.2) is 28.7 Å². The molecule has 0 fully saturated rings. The average molecular weight is 550 g/mol. The Morgan fingerprint density at radius 1 is 1.00 bits per heavy atom. The molecule has 1 aromatic heterocycles. The molecule has 2 amide bonds. The molecular weight excluding hydrogens is 530 g/mol. The number of carbonyl (C=O) groups is 2. The summed E-state index contributed by atoms with van der Waals surface area (Å²) in [6.45, 7) is 0.758. The van der Waals surface area contributed by atoms with Crippen molar-refractivity contribution in [1.82, 2.24) is 9.88 Å². The van der Waals surface area contributed by atoms with Gasteiger partial charge in [0.15, 0.2) is 0 Å². The number of rotatable bonds is 8. The summed E-state index contributed by atoms with van der Waals surface area (Å²) in [4.78, 5) is 25.6. The van der Waals surface area contributed by atoms with Crippen LogP contribution in [0.2, 0.25) is 5.02 Å². The van der Waals surface area contributed by atoms with Gasteiger partial charge in [-0.25, -0.2) is 4.39 Å². The van der Waals surface area contributed by atoms with Crippen molar-refractivity contribution >= 4 is 51.8 Å². The second-order valence-corrected chi connectivity index (χ2v) is 9.42. The Kier molecular flexibility index (Phi) is 8.09. The molecule has 0 saturated carbocycles. The number of para-hydroxylation sites is 1. The number of aromatic nitrogens is 1. The van der Waals surface area contributed by atoms with Crippen molar-refractivity contribution in [3.05, 3.63) is 94.9 Å². The van der Waals surface area contributed by atoms with E-state index in [2.05, 4.69) is 10.6 Å². The van der Waals surface area contributed by atoms with Crippen LogP contribution in [0.1, 0.15) is 15.9 Å². The topological polar surface area (TPSA) is 63.1 Å². The lowest BCUT2D eigenvalue weighted by Gasteiger charge is -2.11. The van der Waals surface area contributed by atoms with Crippen molar-refractivity contribution in [3.8, 4) is 0 Å². The number of hydrogen-bond acceptors (Lipinski definition) is 3. The Morgan fingerprint density at radius 3 is 2.46 bits per heavy atom. The molecule has 0 spiro atoms. The minimum absolute atomic E-state index is 0.00522. The molecule has 37 heavy (non-hydrogen) atoms. The maximum Gasteiger partial charge on any atom is 0.416 e. The van der Waals surface area contributed by atoms with Gasteiger partial charge in [0.2, 0.25) is 5.91 Å². The standard InChI is InChI=1S/C26H20ClF4N3O2S/c27-20-10-7-17(26(29,30)31)13-21(20)33-24(35)15-37-23-14-34(22-4-2-1-3-19(22)23)12-11-32-25(36)16-5-8-18(28)9-6-16/h1-10,13-14H,11-12,15H2,(H,32,36)(H,33,35). The van der Waals surface area contributed by atoms with Gasteiger partial charge in [-0.1, -0.05) is 29.8 Å². The number of nitrogens with zero attached hydrogens (tertiary/aromatic N) is 1. The van der Waals surface area contributed by atoms with Crippen LogP contribution in [0.25, 0.3) is 10.9 Å². The Labute approximate surface area is 218 Å². The number of anilines is 1. The summed E-state index contributed by atoms with van der Waals surface area (Å²) >= 11 is 7.20. The zero-order chi connectivity index (χ0) is 26.6. The average Bonchev–Trinajstić information content (AvgIpc) is 3.21. The molecule has 0 bridgehead atoms. The predicted octanol–water partition coefficient (Wildman–Crippen LogP) is 6.61. The van der Waals surface area contributed by atoms with E-state index in [1.54, 1.807) is 0 Å². The molecule has 192 valence electrons. The molecule has 4 aromatic rings. The first-order valence-corrected chi connectivity index (χ1v) is 12.4. The van der Waals surface area contributed by atoms with Crippen LogP contribution >= 0.6 is 23.4 Å². The van der Waals surface area contributed by atoms with Crippen LogP contribution in [0.15, 0.2) is 77.8 Å². The van der Waals surface area contributed by atoms with Gasteiger partial charge in [0.1, 0.15) is 5.82 Å². The fraction of sp³-hybridized carbons (Fsp3) is 0.154. The SMILES string of the molecule is O=C(CSc1cn(CCNC(=O)c2ccc(F)cc2)c2ccccc12)Nc1cc(C(F)(F)F)ccc1Cl. The van der Waals surface area contributed by atoms with E-state index in [1.807, 2.05) is 35.0 Å². The van der Waals surface area contributed by atoms with Crippen LogP contribution in [-0.2, 0) is 17.5 Å². The molecule has 0 radical (unpaired) electrons. The molecule has 0 aliphatic rings. The van der Waals surface area contributed by atoms with Gasteiger partial charge in [0.25, 0.3) is 5.91 Å².